The smallest absolute Gasteiger partial charge is 0.174 e. The molecule has 0 saturated heterocycles. The lowest BCUT2D eigenvalue weighted by molar-refractivity contribution is 0.257. The molecule has 0 radical (unpaired) electrons. The van der Waals surface area contributed by atoms with E-state index in [0.717, 1.165) is 22.8 Å². The third-order valence-corrected chi connectivity index (χ3v) is 9.15. The summed E-state index contributed by atoms with van der Waals surface area (Å²) >= 11 is 0. The van der Waals surface area contributed by atoms with Crippen LogP contribution in [0.5, 0.6) is 0 Å². The Bertz CT molecular complexity index is 1360. The van der Waals surface area contributed by atoms with E-state index in [0.29, 0.717) is 16.2 Å². The van der Waals surface area contributed by atoms with Gasteiger partial charge in [0, 0.05) is 39.0 Å². The standard InChI is InChI=1S/C27H24NO2P/c1-2-28-25-16-10-9-15-23(25)24-19-20(17-18-26(24)28)27(29)31(30,21-11-5-3-6-12-21)22-13-7-4-8-14-22/h3-19,27,29H,2H2,1H3. The molecule has 0 spiro atoms. The summed E-state index contributed by atoms with van der Waals surface area (Å²) in [5.41, 5.74) is 2.96. The third-order valence-electron chi connectivity index (χ3n) is 6.03. The molecule has 1 heterocycles. The highest BCUT2D eigenvalue weighted by atomic mass is 31.2. The van der Waals surface area contributed by atoms with Crippen LogP contribution in [0.25, 0.3) is 21.8 Å². The van der Waals surface area contributed by atoms with E-state index in [-0.39, 0.29) is 0 Å². The van der Waals surface area contributed by atoms with Crippen LogP contribution in [0.4, 0.5) is 0 Å². The van der Waals surface area contributed by atoms with E-state index in [1.807, 2.05) is 91.0 Å². The number of aromatic nitrogens is 1. The van der Waals surface area contributed by atoms with Crippen LogP contribution in [0, 0.1) is 0 Å². The first-order valence-corrected chi connectivity index (χ1v) is 12.3. The molecule has 0 bridgehead atoms. The molecule has 154 valence electrons. The molecule has 1 unspecified atom stereocenters. The number of rotatable bonds is 5. The van der Waals surface area contributed by atoms with Crippen LogP contribution >= 0.6 is 7.14 Å². The van der Waals surface area contributed by atoms with Crippen molar-refractivity contribution in [2.24, 2.45) is 0 Å². The second-order valence-electron chi connectivity index (χ2n) is 7.74. The van der Waals surface area contributed by atoms with Gasteiger partial charge in [-0.15, -0.1) is 0 Å². The van der Waals surface area contributed by atoms with Crippen LogP contribution in [-0.4, -0.2) is 9.67 Å². The SMILES string of the molecule is CCn1c2ccccc2c2cc(C(O)P(=O)(c3ccccc3)c3ccccc3)ccc21. The number of hydrogen-bond acceptors (Lipinski definition) is 2. The van der Waals surface area contributed by atoms with Crippen molar-refractivity contribution in [1.29, 1.82) is 0 Å². The molecule has 31 heavy (non-hydrogen) atoms. The van der Waals surface area contributed by atoms with Crippen molar-refractivity contribution in [3.8, 4) is 0 Å². The van der Waals surface area contributed by atoms with Gasteiger partial charge in [-0.25, -0.2) is 0 Å². The summed E-state index contributed by atoms with van der Waals surface area (Å²) in [7, 11) is -3.33. The maximum absolute atomic E-state index is 14.5. The molecular weight excluding hydrogens is 401 g/mol. The minimum absolute atomic E-state index is 0.657. The lowest BCUT2D eigenvalue weighted by Gasteiger charge is -2.25. The van der Waals surface area contributed by atoms with Crippen LogP contribution in [-0.2, 0) is 11.1 Å². The minimum atomic E-state index is -3.33. The number of benzene rings is 4. The Morgan fingerprint density at radius 3 is 1.90 bits per heavy atom. The molecule has 4 aromatic carbocycles. The Morgan fingerprint density at radius 1 is 0.742 bits per heavy atom. The van der Waals surface area contributed by atoms with Gasteiger partial charge in [0.15, 0.2) is 7.14 Å². The second-order valence-corrected chi connectivity index (χ2v) is 10.6. The number of aliphatic hydroxyl groups excluding tert-OH is 1. The van der Waals surface area contributed by atoms with Gasteiger partial charge in [0.25, 0.3) is 0 Å². The molecule has 1 aromatic heterocycles. The predicted molar refractivity (Wildman–Crippen MR) is 130 cm³/mol. The van der Waals surface area contributed by atoms with Gasteiger partial charge in [0.2, 0.25) is 0 Å². The van der Waals surface area contributed by atoms with Crippen LogP contribution in [0.3, 0.4) is 0 Å². The summed E-state index contributed by atoms with van der Waals surface area (Å²) in [4.78, 5) is 0. The topological polar surface area (TPSA) is 42.2 Å². The van der Waals surface area contributed by atoms with Gasteiger partial charge < -0.3 is 14.2 Å². The van der Waals surface area contributed by atoms with Crippen LogP contribution in [0.1, 0.15) is 18.3 Å². The summed E-state index contributed by atoms with van der Waals surface area (Å²) in [6.07, 6.45) is 0. The number of aliphatic hydroxyl groups is 1. The van der Waals surface area contributed by atoms with Crippen molar-refractivity contribution in [3.05, 3.63) is 109 Å². The van der Waals surface area contributed by atoms with Gasteiger partial charge >= 0.3 is 0 Å². The molecule has 4 heteroatoms. The fourth-order valence-corrected chi connectivity index (χ4v) is 7.19. The number of fused-ring (bicyclic) bond motifs is 3. The summed E-state index contributed by atoms with van der Waals surface area (Å²) in [6.45, 7) is 2.99. The van der Waals surface area contributed by atoms with Crippen molar-refractivity contribution < 1.29 is 9.67 Å². The summed E-state index contributed by atoms with van der Waals surface area (Å²) < 4.78 is 16.8. The van der Waals surface area contributed by atoms with E-state index in [4.69, 9.17) is 0 Å². The maximum atomic E-state index is 14.5. The van der Waals surface area contributed by atoms with E-state index < -0.39 is 13.0 Å². The Kier molecular flexibility index (Phi) is 5.02. The molecule has 1 atom stereocenters. The van der Waals surface area contributed by atoms with E-state index in [1.54, 1.807) is 0 Å². The summed E-state index contributed by atoms with van der Waals surface area (Å²) in [5, 5.41) is 15.1. The molecule has 0 aliphatic carbocycles. The summed E-state index contributed by atoms with van der Waals surface area (Å²) in [5.74, 6) is -1.13. The normalized spacial score (nSPS) is 13.0. The lowest BCUT2D eigenvalue weighted by Crippen LogP contribution is -2.21. The number of nitrogens with zero attached hydrogens (tertiary/aromatic N) is 1. The maximum Gasteiger partial charge on any atom is 0.174 e. The number of para-hydroxylation sites is 1. The first kappa shape index (κ1) is 19.8. The zero-order valence-electron chi connectivity index (χ0n) is 17.3. The molecule has 0 aliphatic heterocycles. The Hall–Kier alpha value is -3.13. The van der Waals surface area contributed by atoms with Crippen LogP contribution in [0.15, 0.2) is 103 Å². The van der Waals surface area contributed by atoms with Crippen molar-refractivity contribution in [3.63, 3.8) is 0 Å². The first-order valence-electron chi connectivity index (χ1n) is 10.5. The monoisotopic (exact) mass is 425 g/mol. The Morgan fingerprint density at radius 2 is 1.29 bits per heavy atom. The molecule has 1 N–H and O–H groups in total. The molecule has 0 fully saturated rings. The van der Waals surface area contributed by atoms with E-state index in [2.05, 4.69) is 23.6 Å². The van der Waals surface area contributed by atoms with Crippen LogP contribution in [0.2, 0.25) is 0 Å². The molecule has 3 nitrogen and oxygen atoms in total. The first-order chi connectivity index (χ1) is 15.1. The average molecular weight is 425 g/mol. The number of hydrogen-bond donors (Lipinski definition) is 1. The van der Waals surface area contributed by atoms with Gasteiger partial charge in [-0.2, -0.15) is 0 Å². The quantitative estimate of drug-likeness (QED) is 0.361. The van der Waals surface area contributed by atoms with Gasteiger partial charge in [-0.1, -0.05) is 84.9 Å². The van der Waals surface area contributed by atoms with E-state index in [9.17, 15) is 9.67 Å². The predicted octanol–water partition coefficient (Wildman–Crippen LogP) is 5.82. The second kappa shape index (κ2) is 7.85. The molecular formula is C27H24NO2P. The highest BCUT2D eigenvalue weighted by Gasteiger charge is 2.36. The van der Waals surface area contributed by atoms with Crippen molar-refractivity contribution in [2.45, 2.75) is 19.3 Å². The minimum Gasteiger partial charge on any atom is -0.380 e. The Labute approximate surface area is 182 Å². The van der Waals surface area contributed by atoms with E-state index >= 15 is 0 Å². The molecule has 0 amide bonds. The van der Waals surface area contributed by atoms with Crippen LogP contribution < -0.4 is 10.6 Å². The molecule has 0 saturated carbocycles. The van der Waals surface area contributed by atoms with Gasteiger partial charge in [-0.05, 0) is 30.7 Å². The van der Waals surface area contributed by atoms with Gasteiger partial charge in [-0.3, -0.25) is 0 Å². The van der Waals surface area contributed by atoms with Gasteiger partial charge in [0.05, 0.1) is 0 Å². The largest absolute Gasteiger partial charge is 0.380 e. The average Bonchev–Trinajstić information content (AvgIpc) is 3.17. The highest BCUT2D eigenvalue weighted by Crippen LogP contribution is 2.56. The summed E-state index contributed by atoms with van der Waals surface area (Å²) in [6, 6.07) is 32.9. The fourth-order valence-electron chi connectivity index (χ4n) is 4.51. The molecule has 0 aliphatic rings. The molecule has 5 rings (SSSR count). The highest BCUT2D eigenvalue weighted by molar-refractivity contribution is 7.78. The Balaban J connectivity index is 1.73. The molecule has 5 aromatic rings. The van der Waals surface area contributed by atoms with E-state index in [1.165, 1.54) is 5.52 Å². The lowest BCUT2D eigenvalue weighted by atomic mass is 10.1. The van der Waals surface area contributed by atoms with Gasteiger partial charge in [0.1, 0.15) is 5.85 Å². The van der Waals surface area contributed by atoms with Crippen molar-refractivity contribution in [2.75, 3.05) is 0 Å². The third kappa shape index (κ3) is 3.13. The fraction of sp³-hybridized carbons (Fsp3) is 0.111. The number of aryl methyl sites for hydroxylation is 1. The zero-order chi connectivity index (χ0) is 21.4. The zero-order valence-corrected chi connectivity index (χ0v) is 18.2. The van der Waals surface area contributed by atoms with Crippen molar-refractivity contribution >= 4 is 39.6 Å². The van der Waals surface area contributed by atoms with Crippen molar-refractivity contribution in [1.82, 2.24) is 4.57 Å².